The summed E-state index contributed by atoms with van der Waals surface area (Å²) in [6, 6.07) is 3.78. The average Bonchev–Trinajstić information content (AvgIpc) is 3.08. The largest absolute Gasteiger partial charge is 0.464 e. The Bertz CT molecular complexity index is 490. The molecule has 0 spiro atoms. The van der Waals surface area contributed by atoms with E-state index < -0.39 is 5.60 Å². The number of hydrogen-bond donors (Lipinski definition) is 1. The van der Waals surface area contributed by atoms with E-state index in [2.05, 4.69) is 0 Å². The standard InChI is InChI=1S/C15H21NO4/c1-11-4-5-12(20-11)13-10-16(8-9-19-13)14(17)15(18)6-2-3-7-15/h4-5,13,18H,2-3,6-10H2,1H3. The first-order valence-corrected chi connectivity index (χ1v) is 7.28. The molecule has 1 amide bonds. The van der Waals surface area contributed by atoms with Crippen LogP contribution < -0.4 is 0 Å². The lowest BCUT2D eigenvalue weighted by Crippen LogP contribution is -2.51. The molecule has 3 rings (SSSR count). The molecule has 5 heteroatoms. The van der Waals surface area contributed by atoms with Crippen molar-refractivity contribution in [3.8, 4) is 0 Å². The fourth-order valence-corrected chi connectivity index (χ4v) is 3.10. The molecule has 1 aromatic heterocycles. The number of morpholine rings is 1. The summed E-state index contributed by atoms with van der Waals surface area (Å²) < 4.78 is 11.3. The van der Waals surface area contributed by atoms with Gasteiger partial charge in [-0.15, -0.1) is 0 Å². The van der Waals surface area contributed by atoms with Gasteiger partial charge < -0.3 is 19.2 Å². The molecule has 20 heavy (non-hydrogen) atoms. The molecule has 2 aliphatic rings. The first-order valence-electron chi connectivity index (χ1n) is 7.28. The number of carbonyl (C=O) groups is 1. The summed E-state index contributed by atoms with van der Waals surface area (Å²) in [5.41, 5.74) is -1.15. The highest BCUT2D eigenvalue weighted by atomic mass is 16.5. The van der Waals surface area contributed by atoms with Gasteiger partial charge in [0.05, 0.1) is 13.2 Å². The summed E-state index contributed by atoms with van der Waals surface area (Å²) >= 11 is 0. The fraction of sp³-hybridized carbons (Fsp3) is 0.667. The van der Waals surface area contributed by atoms with Crippen LogP contribution in [0.25, 0.3) is 0 Å². The molecule has 1 unspecified atom stereocenters. The van der Waals surface area contributed by atoms with Gasteiger partial charge in [-0.2, -0.15) is 0 Å². The Labute approximate surface area is 118 Å². The maximum atomic E-state index is 12.5. The molecule has 1 aliphatic carbocycles. The number of aryl methyl sites for hydroxylation is 1. The Hall–Kier alpha value is -1.33. The lowest BCUT2D eigenvalue weighted by atomic mass is 10.00. The number of carbonyl (C=O) groups excluding carboxylic acids is 1. The molecule has 0 bridgehead atoms. The van der Waals surface area contributed by atoms with Gasteiger partial charge in [-0.1, -0.05) is 0 Å². The van der Waals surface area contributed by atoms with Crippen LogP contribution in [-0.2, 0) is 9.53 Å². The Morgan fingerprint density at radius 3 is 2.80 bits per heavy atom. The van der Waals surface area contributed by atoms with Crippen molar-refractivity contribution in [3.63, 3.8) is 0 Å². The molecule has 110 valence electrons. The summed E-state index contributed by atoms with van der Waals surface area (Å²) in [6.07, 6.45) is 2.77. The molecule has 1 saturated heterocycles. The molecule has 0 aromatic carbocycles. The second-order valence-corrected chi connectivity index (χ2v) is 5.80. The highest BCUT2D eigenvalue weighted by Gasteiger charge is 2.43. The van der Waals surface area contributed by atoms with E-state index in [9.17, 15) is 9.90 Å². The number of amides is 1. The Balaban J connectivity index is 1.70. The van der Waals surface area contributed by atoms with Gasteiger partial charge >= 0.3 is 0 Å². The quantitative estimate of drug-likeness (QED) is 0.896. The number of nitrogens with zero attached hydrogens (tertiary/aromatic N) is 1. The van der Waals surface area contributed by atoms with Crippen LogP contribution >= 0.6 is 0 Å². The van der Waals surface area contributed by atoms with Crippen LogP contribution in [-0.4, -0.2) is 41.2 Å². The molecule has 1 N–H and O–H groups in total. The Morgan fingerprint density at radius 1 is 1.40 bits per heavy atom. The molecule has 0 radical (unpaired) electrons. The van der Waals surface area contributed by atoms with Gasteiger partial charge in [-0.25, -0.2) is 0 Å². The zero-order chi connectivity index (χ0) is 14.2. The van der Waals surface area contributed by atoms with Crippen molar-refractivity contribution in [1.29, 1.82) is 0 Å². The normalized spacial score (nSPS) is 25.9. The van der Waals surface area contributed by atoms with E-state index >= 15 is 0 Å². The van der Waals surface area contributed by atoms with Gasteiger partial charge in [-0.3, -0.25) is 4.79 Å². The van der Waals surface area contributed by atoms with Gasteiger partial charge in [-0.05, 0) is 44.7 Å². The molecular formula is C15H21NO4. The lowest BCUT2D eigenvalue weighted by molar-refractivity contribution is -0.158. The van der Waals surface area contributed by atoms with Crippen LogP contribution in [0.4, 0.5) is 0 Å². The smallest absolute Gasteiger partial charge is 0.254 e. The van der Waals surface area contributed by atoms with Crippen molar-refractivity contribution in [2.75, 3.05) is 19.7 Å². The van der Waals surface area contributed by atoms with E-state index in [0.29, 0.717) is 32.5 Å². The van der Waals surface area contributed by atoms with Crippen molar-refractivity contribution in [2.45, 2.75) is 44.3 Å². The highest BCUT2D eigenvalue weighted by Crippen LogP contribution is 2.33. The zero-order valence-electron chi connectivity index (χ0n) is 11.8. The SMILES string of the molecule is Cc1ccc(C2CN(C(=O)C3(O)CCCC3)CCO2)o1. The van der Waals surface area contributed by atoms with Crippen LogP contribution in [0.1, 0.15) is 43.3 Å². The maximum Gasteiger partial charge on any atom is 0.254 e. The van der Waals surface area contributed by atoms with Gasteiger partial charge in [0, 0.05) is 6.54 Å². The van der Waals surface area contributed by atoms with E-state index in [4.69, 9.17) is 9.15 Å². The minimum atomic E-state index is -1.15. The molecule has 5 nitrogen and oxygen atoms in total. The van der Waals surface area contributed by atoms with E-state index in [0.717, 1.165) is 24.4 Å². The maximum absolute atomic E-state index is 12.5. The molecular weight excluding hydrogens is 258 g/mol. The lowest BCUT2D eigenvalue weighted by Gasteiger charge is -2.36. The Morgan fingerprint density at radius 2 is 2.15 bits per heavy atom. The monoisotopic (exact) mass is 279 g/mol. The minimum Gasteiger partial charge on any atom is -0.464 e. The Kier molecular flexibility index (Phi) is 3.56. The number of ether oxygens (including phenoxy) is 1. The topological polar surface area (TPSA) is 62.9 Å². The van der Waals surface area contributed by atoms with Crippen molar-refractivity contribution in [3.05, 3.63) is 23.7 Å². The number of aliphatic hydroxyl groups is 1. The summed E-state index contributed by atoms with van der Waals surface area (Å²) in [6.45, 7) is 3.36. The van der Waals surface area contributed by atoms with Crippen LogP contribution in [0.2, 0.25) is 0 Å². The highest BCUT2D eigenvalue weighted by molar-refractivity contribution is 5.85. The summed E-state index contributed by atoms with van der Waals surface area (Å²) in [5.74, 6) is 1.44. The second kappa shape index (κ2) is 5.22. The number of furan rings is 1. The first-order chi connectivity index (χ1) is 9.58. The van der Waals surface area contributed by atoms with E-state index in [1.165, 1.54) is 0 Å². The van der Waals surface area contributed by atoms with Crippen LogP contribution in [0.15, 0.2) is 16.5 Å². The van der Waals surface area contributed by atoms with Crippen LogP contribution in [0.5, 0.6) is 0 Å². The van der Waals surface area contributed by atoms with Crippen molar-refractivity contribution >= 4 is 5.91 Å². The van der Waals surface area contributed by atoms with Crippen LogP contribution in [0, 0.1) is 6.92 Å². The predicted molar refractivity (Wildman–Crippen MR) is 72.1 cm³/mol. The summed E-state index contributed by atoms with van der Waals surface area (Å²) in [5, 5.41) is 10.4. The predicted octanol–water partition coefficient (Wildman–Crippen LogP) is 1.79. The number of hydrogen-bond acceptors (Lipinski definition) is 4. The first kappa shape index (κ1) is 13.6. The van der Waals surface area contributed by atoms with E-state index in [1.807, 2.05) is 19.1 Å². The van der Waals surface area contributed by atoms with Gasteiger partial charge in [0.25, 0.3) is 5.91 Å². The fourth-order valence-electron chi connectivity index (χ4n) is 3.10. The van der Waals surface area contributed by atoms with E-state index in [1.54, 1.807) is 4.90 Å². The van der Waals surface area contributed by atoms with Gasteiger partial charge in [0.15, 0.2) is 0 Å². The molecule has 1 saturated carbocycles. The molecule has 1 aliphatic heterocycles. The molecule has 1 atom stereocenters. The summed E-state index contributed by atoms with van der Waals surface area (Å²) in [4.78, 5) is 14.2. The van der Waals surface area contributed by atoms with Crippen molar-refractivity contribution in [1.82, 2.24) is 4.90 Å². The van der Waals surface area contributed by atoms with Gasteiger partial charge in [0.1, 0.15) is 23.2 Å². The molecule has 2 heterocycles. The van der Waals surface area contributed by atoms with Crippen LogP contribution in [0.3, 0.4) is 0 Å². The zero-order valence-corrected chi connectivity index (χ0v) is 11.8. The van der Waals surface area contributed by atoms with Crippen molar-refractivity contribution in [2.24, 2.45) is 0 Å². The van der Waals surface area contributed by atoms with Gasteiger partial charge in [0.2, 0.25) is 0 Å². The third-order valence-electron chi connectivity index (χ3n) is 4.26. The molecule has 2 fully saturated rings. The molecule has 1 aromatic rings. The third-order valence-corrected chi connectivity index (χ3v) is 4.26. The van der Waals surface area contributed by atoms with E-state index in [-0.39, 0.29) is 12.0 Å². The second-order valence-electron chi connectivity index (χ2n) is 5.80. The average molecular weight is 279 g/mol. The minimum absolute atomic E-state index is 0.147. The number of rotatable bonds is 2. The summed E-state index contributed by atoms with van der Waals surface area (Å²) in [7, 11) is 0. The van der Waals surface area contributed by atoms with Crippen molar-refractivity contribution < 1.29 is 19.1 Å². The third kappa shape index (κ3) is 2.47.